The summed E-state index contributed by atoms with van der Waals surface area (Å²) in [6.07, 6.45) is -1.21. The number of aromatic amines is 1. The molecule has 0 radical (unpaired) electrons. The van der Waals surface area contributed by atoms with E-state index in [1.165, 1.54) is 24.7 Å². The normalized spacial score (nSPS) is 23.9. The van der Waals surface area contributed by atoms with E-state index in [9.17, 15) is 14.2 Å². The third kappa shape index (κ3) is 6.29. The predicted molar refractivity (Wildman–Crippen MR) is 135 cm³/mol. The van der Waals surface area contributed by atoms with E-state index < -0.39 is 43.3 Å². The summed E-state index contributed by atoms with van der Waals surface area (Å²) >= 11 is 0. The van der Waals surface area contributed by atoms with Crippen molar-refractivity contribution < 1.29 is 32.3 Å². The molecule has 3 aromatic rings. The molecule has 206 valence electrons. The van der Waals surface area contributed by atoms with Crippen molar-refractivity contribution in [2.75, 3.05) is 6.61 Å². The van der Waals surface area contributed by atoms with Crippen LogP contribution < -0.4 is 15.2 Å². The number of carbonyl (C=O) groups excluding carboxylic acids is 1. The molecule has 1 saturated heterocycles. The van der Waals surface area contributed by atoms with E-state index >= 15 is 4.39 Å². The fourth-order valence-corrected chi connectivity index (χ4v) is 5.62. The molecule has 4 rings (SSSR count). The molecule has 0 aliphatic carbocycles. The first-order chi connectivity index (χ1) is 17.9. The number of benzene rings is 1. The largest absolute Gasteiger partial charge is 0.462 e. The Bertz CT molecular complexity index is 1390. The molecule has 1 aromatic carbocycles. The first-order valence-electron chi connectivity index (χ1n) is 12.1. The van der Waals surface area contributed by atoms with Crippen molar-refractivity contribution >= 4 is 24.9 Å². The van der Waals surface area contributed by atoms with E-state index in [0.717, 1.165) is 0 Å². The fraction of sp³-hybridized carbons (Fsp3) is 0.500. The standard InChI is InChI=1S/C24H31FN5O7P/c1-14(2)35-22(32)15(3)29-38(33,37-17-9-7-6-8-10-17)34-12-18-11-24(5,25)23(36-18)30-13-26-19-20(30)27-16(4)28-21(19)31/h6-10,13-15,18,23H,11-12H2,1-5H3,(H,29,33)(H,27,28,31)/t15-,18+,23-,24-,38?/m1/s1. The zero-order chi connectivity index (χ0) is 27.7. The van der Waals surface area contributed by atoms with Crippen LogP contribution in [0.2, 0.25) is 0 Å². The molecule has 0 amide bonds. The summed E-state index contributed by atoms with van der Waals surface area (Å²) in [5, 5.41) is 2.59. The van der Waals surface area contributed by atoms with Gasteiger partial charge in [0.2, 0.25) is 0 Å². The number of aromatic nitrogens is 4. The topological polar surface area (TPSA) is 147 Å². The van der Waals surface area contributed by atoms with Gasteiger partial charge < -0.3 is 19.0 Å². The van der Waals surface area contributed by atoms with E-state index in [1.807, 2.05) is 0 Å². The van der Waals surface area contributed by atoms with Crippen LogP contribution in [0.3, 0.4) is 0 Å². The second kappa shape index (κ2) is 10.9. The third-order valence-corrected chi connectivity index (χ3v) is 7.37. The second-order valence-corrected chi connectivity index (χ2v) is 11.3. The number of fused-ring (bicyclic) bond motifs is 1. The lowest BCUT2D eigenvalue weighted by Crippen LogP contribution is -2.36. The van der Waals surface area contributed by atoms with Crippen molar-refractivity contribution in [2.45, 2.75) is 71.2 Å². The summed E-state index contributed by atoms with van der Waals surface area (Å²) < 4.78 is 53.1. The first-order valence-corrected chi connectivity index (χ1v) is 13.7. The van der Waals surface area contributed by atoms with E-state index in [2.05, 4.69) is 20.0 Å². The first kappa shape index (κ1) is 27.9. The lowest BCUT2D eigenvalue weighted by Gasteiger charge is -2.24. The van der Waals surface area contributed by atoms with Crippen LogP contribution in [-0.4, -0.2) is 56.0 Å². The number of esters is 1. The zero-order valence-corrected chi connectivity index (χ0v) is 22.6. The molecule has 0 spiro atoms. The Morgan fingerprint density at radius 2 is 2.05 bits per heavy atom. The number of H-pyrrole nitrogens is 1. The summed E-state index contributed by atoms with van der Waals surface area (Å²) in [5.41, 5.74) is -2.10. The van der Waals surface area contributed by atoms with Crippen LogP contribution in [0.4, 0.5) is 4.39 Å². The van der Waals surface area contributed by atoms with Gasteiger partial charge >= 0.3 is 13.7 Å². The van der Waals surface area contributed by atoms with Gasteiger partial charge in [0.25, 0.3) is 5.56 Å². The summed E-state index contributed by atoms with van der Waals surface area (Å²) in [7, 11) is -4.15. The maximum absolute atomic E-state index is 15.7. The number of alkyl halides is 1. The van der Waals surface area contributed by atoms with Crippen LogP contribution in [-0.2, 0) is 23.4 Å². The Labute approximate surface area is 218 Å². The number of hydrogen-bond acceptors (Lipinski definition) is 9. The van der Waals surface area contributed by atoms with Gasteiger partial charge in [-0.25, -0.2) is 18.9 Å². The maximum atomic E-state index is 15.7. The maximum Gasteiger partial charge on any atom is 0.459 e. The van der Waals surface area contributed by atoms with Crippen LogP contribution in [0.25, 0.3) is 11.2 Å². The van der Waals surface area contributed by atoms with Gasteiger partial charge in [0.1, 0.15) is 17.6 Å². The molecular weight excluding hydrogens is 520 g/mol. The summed E-state index contributed by atoms with van der Waals surface area (Å²) in [6, 6.07) is 7.26. The van der Waals surface area contributed by atoms with Crippen LogP contribution in [0, 0.1) is 6.92 Å². The number of nitrogens with one attached hydrogen (secondary N) is 2. The van der Waals surface area contributed by atoms with Crippen molar-refractivity contribution in [3.63, 3.8) is 0 Å². The Morgan fingerprint density at radius 1 is 1.34 bits per heavy atom. The van der Waals surface area contributed by atoms with Gasteiger partial charge in [-0.2, -0.15) is 5.09 Å². The fourth-order valence-electron chi connectivity index (χ4n) is 4.10. The van der Waals surface area contributed by atoms with Gasteiger partial charge in [-0.1, -0.05) is 18.2 Å². The molecule has 1 unspecified atom stereocenters. The Morgan fingerprint density at radius 3 is 2.74 bits per heavy atom. The Balaban J connectivity index is 1.52. The summed E-state index contributed by atoms with van der Waals surface area (Å²) in [4.78, 5) is 35.4. The van der Waals surface area contributed by atoms with Crippen molar-refractivity contribution in [1.82, 2.24) is 24.6 Å². The average molecular weight is 552 g/mol. The van der Waals surface area contributed by atoms with E-state index in [1.54, 1.807) is 51.1 Å². The molecule has 1 fully saturated rings. The molecule has 3 heterocycles. The lowest BCUT2D eigenvalue weighted by molar-refractivity contribution is -0.149. The van der Waals surface area contributed by atoms with Gasteiger partial charge in [-0.15, -0.1) is 0 Å². The van der Waals surface area contributed by atoms with Crippen molar-refractivity contribution in [3.05, 3.63) is 52.8 Å². The quantitative estimate of drug-likeness (QED) is 0.283. The van der Waals surface area contributed by atoms with Crippen LogP contribution in [0.1, 0.15) is 46.2 Å². The number of nitrogens with zero attached hydrogens (tertiary/aromatic N) is 3. The zero-order valence-electron chi connectivity index (χ0n) is 21.7. The van der Waals surface area contributed by atoms with Gasteiger partial charge in [0.15, 0.2) is 23.1 Å². The monoisotopic (exact) mass is 551 g/mol. The molecule has 1 aliphatic heterocycles. The number of ether oxygens (including phenoxy) is 2. The van der Waals surface area contributed by atoms with Gasteiger partial charge in [-0.3, -0.25) is 18.7 Å². The molecule has 0 bridgehead atoms. The van der Waals surface area contributed by atoms with Gasteiger partial charge in [0.05, 0.1) is 25.1 Å². The molecule has 12 nitrogen and oxygen atoms in total. The van der Waals surface area contributed by atoms with Crippen molar-refractivity contribution in [2.24, 2.45) is 0 Å². The van der Waals surface area contributed by atoms with Gasteiger partial charge in [-0.05, 0) is 46.8 Å². The van der Waals surface area contributed by atoms with Gasteiger partial charge in [0, 0.05) is 6.42 Å². The van der Waals surface area contributed by atoms with E-state index in [-0.39, 0.29) is 36.0 Å². The molecule has 5 atom stereocenters. The molecule has 38 heavy (non-hydrogen) atoms. The highest BCUT2D eigenvalue weighted by Gasteiger charge is 2.48. The minimum absolute atomic E-state index is 0.0573. The number of imidazole rings is 1. The van der Waals surface area contributed by atoms with E-state index in [4.69, 9.17) is 18.5 Å². The Hall–Kier alpha value is -3.12. The average Bonchev–Trinajstić information content (AvgIpc) is 3.37. The number of rotatable bonds is 10. The number of halogens is 1. The molecular formula is C24H31FN5O7P. The third-order valence-electron chi connectivity index (χ3n) is 5.72. The molecule has 2 aromatic heterocycles. The molecule has 1 aliphatic rings. The number of hydrogen-bond donors (Lipinski definition) is 2. The number of carbonyl (C=O) groups is 1. The molecule has 14 heteroatoms. The summed E-state index contributed by atoms with van der Waals surface area (Å²) in [5.74, 6) is -0.0542. The van der Waals surface area contributed by atoms with Crippen molar-refractivity contribution in [3.8, 4) is 5.75 Å². The predicted octanol–water partition coefficient (Wildman–Crippen LogP) is 3.58. The minimum atomic E-state index is -4.15. The smallest absolute Gasteiger partial charge is 0.459 e. The van der Waals surface area contributed by atoms with Crippen LogP contribution in [0.5, 0.6) is 5.75 Å². The SMILES string of the molecule is Cc1nc2c(ncn2[C@@H]2O[C@H](COP(=O)(N[C@H](C)C(=O)OC(C)C)Oc3ccccc3)C[C@@]2(C)F)c(=O)[nH]1. The second-order valence-electron chi connectivity index (χ2n) is 9.60. The van der Waals surface area contributed by atoms with Crippen molar-refractivity contribution in [1.29, 1.82) is 0 Å². The lowest BCUT2D eigenvalue weighted by atomic mass is 10.0. The van der Waals surface area contributed by atoms with Crippen LogP contribution in [0.15, 0.2) is 41.5 Å². The van der Waals surface area contributed by atoms with E-state index in [0.29, 0.717) is 5.82 Å². The molecule has 0 saturated carbocycles. The summed E-state index contributed by atoms with van der Waals surface area (Å²) in [6.45, 7) is 7.49. The Kier molecular flexibility index (Phi) is 8.03. The van der Waals surface area contributed by atoms with Crippen LogP contribution >= 0.6 is 7.75 Å². The highest BCUT2D eigenvalue weighted by Crippen LogP contribution is 2.47. The number of aryl methyl sites for hydroxylation is 1. The highest BCUT2D eigenvalue weighted by atomic mass is 31.2. The molecule has 2 N–H and O–H groups in total. The number of para-hydroxylation sites is 1. The minimum Gasteiger partial charge on any atom is -0.462 e. The highest BCUT2D eigenvalue weighted by molar-refractivity contribution is 7.52.